The monoisotopic (exact) mass is 452 g/mol. The summed E-state index contributed by atoms with van der Waals surface area (Å²) < 4.78 is 25.8. The summed E-state index contributed by atoms with van der Waals surface area (Å²) in [4.78, 5) is 16.9. The highest BCUT2D eigenvalue weighted by molar-refractivity contribution is 7.92. The molecular formula is C24H21ClN2O3S. The number of aromatic nitrogens is 2. The van der Waals surface area contributed by atoms with Crippen molar-refractivity contribution in [2.45, 2.75) is 13.5 Å². The lowest BCUT2D eigenvalue weighted by Crippen LogP contribution is -2.19. The second kappa shape index (κ2) is 8.65. The SMILES string of the molecule is CCS(=O)(=O)CC(=O)c1cccc(Cn2c(-c3ccccc3)cc3cc(Cl)ccc32)n1. The van der Waals surface area contributed by atoms with E-state index in [1.54, 1.807) is 12.1 Å². The van der Waals surface area contributed by atoms with Crippen molar-refractivity contribution in [3.63, 3.8) is 0 Å². The Bertz CT molecular complexity index is 1360. The third-order valence-electron chi connectivity index (χ3n) is 5.14. The standard InChI is InChI=1S/C24H21ClN2O3S/c1-2-31(29,30)16-24(28)21-10-6-9-20(26-21)15-27-22-12-11-19(25)13-18(22)14-23(27)17-7-4-3-5-8-17/h3-14H,2,15-16H2,1H3. The number of halogens is 1. The molecule has 158 valence electrons. The number of rotatable bonds is 7. The Morgan fingerprint density at radius 3 is 2.52 bits per heavy atom. The van der Waals surface area contributed by atoms with E-state index in [4.69, 9.17) is 11.6 Å². The van der Waals surface area contributed by atoms with Crippen LogP contribution < -0.4 is 0 Å². The maximum Gasteiger partial charge on any atom is 0.196 e. The van der Waals surface area contributed by atoms with Gasteiger partial charge in [0.25, 0.3) is 0 Å². The Balaban J connectivity index is 1.74. The summed E-state index contributed by atoms with van der Waals surface area (Å²) >= 11 is 6.20. The smallest absolute Gasteiger partial charge is 0.196 e. The van der Waals surface area contributed by atoms with E-state index in [9.17, 15) is 13.2 Å². The number of fused-ring (bicyclic) bond motifs is 1. The van der Waals surface area contributed by atoms with Crippen LogP contribution in [0.4, 0.5) is 0 Å². The van der Waals surface area contributed by atoms with Crippen LogP contribution >= 0.6 is 11.6 Å². The van der Waals surface area contributed by atoms with Gasteiger partial charge in [-0.15, -0.1) is 0 Å². The third-order valence-corrected chi connectivity index (χ3v) is 6.95. The lowest BCUT2D eigenvalue weighted by Gasteiger charge is -2.12. The Hall–Kier alpha value is -2.96. The molecule has 0 N–H and O–H groups in total. The van der Waals surface area contributed by atoms with Gasteiger partial charge in [-0.05, 0) is 42.0 Å². The van der Waals surface area contributed by atoms with Crippen LogP contribution in [0.2, 0.25) is 5.02 Å². The van der Waals surface area contributed by atoms with Crippen LogP contribution in [-0.4, -0.2) is 35.3 Å². The number of hydrogen-bond acceptors (Lipinski definition) is 4. The largest absolute Gasteiger partial charge is 0.334 e. The van der Waals surface area contributed by atoms with Crippen molar-refractivity contribution >= 4 is 38.1 Å². The molecule has 0 aliphatic heterocycles. The third kappa shape index (κ3) is 4.70. The fraction of sp³-hybridized carbons (Fsp3) is 0.167. The minimum absolute atomic E-state index is 0.0726. The van der Waals surface area contributed by atoms with E-state index < -0.39 is 21.4 Å². The topological polar surface area (TPSA) is 69.0 Å². The van der Waals surface area contributed by atoms with Crippen molar-refractivity contribution in [3.8, 4) is 11.3 Å². The predicted molar refractivity (Wildman–Crippen MR) is 124 cm³/mol. The summed E-state index contributed by atoms with van der Waals surface area (Å²) in [6.45, 7) is 1.96. The van der Waals surface area contributed by atoms with Crippen LogP contribution in [-0.2, 0) is 16.4 Å². The molecule has 0 bridgehead atoms. The molecule has 4 aromatic rings. The molecule has 4 rings (SSSR count). The molecule has 0 aliphatic rings. The zero-order valence-electron chi connectivity index (χ0n) is 17.0. The highest BCUT2D eigenvalue weighted by atomic mass is 35.5. The van der Waals surface area contributed by atoms with Crippen molar-refractivity contribution in [3.05, 3.63) is 89.2 Å². The van der Waals surface area contributed by atoms with E-state index in [1.165, 1.54) is 6.92 Å². The van der Waals surface area contributed by atoms with Crippen LogP contribution in [0.25, 0.3) is 22.2 Å². The molecule has 0 fully saturated rings. The molecule has 0 unspecified atom stereocenters. The summed E-state index contributed by atoms with van der Waals surface area (Å²) in [6.07, 6.45) is 0. The minimum atomic E-state index is -3.41. The Labute approximate surface area is 186 Å². The van der Waals surface area contributed by atoms with Gasteiger partial charge >= 0.3 is 0 Å². The van der Waals surface area contributed by atoms with E-state index in [-0.39, 0.29) is 11.4 Å². The normalized spacial score (nSPS) is 11.7. The molecular weight excluding hydrogens is 432 g/mol. The molecule has 7 heteroatoms. The number of sulfone groups is 1. The maximum atomic E-state index is 12.4. The molecule has 31 heavy (non-hydrogen) atoms. The van der Waals surface area contributed by atoms with Gasteiger partial charge in [-0.25, -0.2) is 13.4 Å². The number of nitrogens with zero attached hydrogens (tertiary/aromatic N) is 2. The molecule has 2 heterocycles. The number of Topliss-reactive ketones (excluding diaryl/α,β-unsaturated/α-hetero) is 1. The predicted octanol–water partition coefficient (Wildman–Crippen LogP) is 5.02. The fourth-order valence-corrected chi connectivity index (χ4v) is 4.45. The zero-order chi connectivity index (χ0) is 22.0. The number of carbonyl (C=O) groups excluding carboxylic acids is 1. The van der Waals surface area contributed by atoms with Crippen molar-refractivity contribution in [1.29, 1.82) is 0 Å². The summed E-state index contributed by atoms with van der Waals surface area (Å²) in [5.41, 5.74) is 3.89. The second-order valence-corrected chi connectivity index (χ2v) is 10.1. The number of ketones is 1. The Morgan fingerprint density at radius 2 is 1.77 bits per heavy atom. The van der Waals surface area contributed by atoms with Crippen molar-refractivity contribution in [1.82, 2.24) is 9.55 Å². The molecule has 0 saturated heterocycles. The molecule has 0 radical (unpaired) electrons. The van der Waals surface area contributed by atoms with Crippen molar-refractivity contribution in [2.24, 2.45) is 0 Å². The van der Waals surface area contributed by atoms with Crippen LogP contribution in [0.3, 0.4) is 0 Å². The van der Waals surface area contributed by atoms with Gasteiger partial charge in [0.05, 0.1) is 12.2 Å². The lowest BCUT2D eigenvalue weighted by atomic mass is 10.1. The van der Waals surface area contributed by atoms with Crippen molar-refractivity contribution < 1.29 is 13.2 Å². The van der Waals surface area contributed by atoms with E-state index in [1.807, 2.05) is 54.6 Å². The number of pyridine rings is 1. The Morgan fingerprint density at radius 1 is 1.00 bits per heavy atom. The number of hydrogen-bond donors (Lipinski definition) is 0. The molecule has 0 atom stereocenters. The summed E-state index contributed by atoms with van der Waals surface area (Å²) in [5, 5.41) is 1.67. The Kier molecular flexibility index (Phi) is 5.94. The van der Waals surface area contributed by atoms with Crippen molar-refractivity contribution in [2.75, 3.05) is 11.5 Å². The zero-order valence-corrected chi connectivity index (χ0v) is 18.5. The van der Waals surface area contributed by atoms with Crippen LogP contribution in [0, 0.1) is 0 Å². The quantitative estimate of drug-likeness (QED) is 0.369. The van der Waals surface area contributed by atoms with E-state index in [0.717, 1.165) is 22.2 Å². The fourth-order valence-electron chi connectivity index (χ4n) is 3.52. The van der Waals surface area contributed by atoms with E-state index in [2.05, 4.69) is 15.6 Å². The summed E-state index contributed by atoms with van der Waals surface area (Å²) in [6, 6.07) is 22.9. The van der Waals surface area contributed by atoms with Gasteiger partial charge in [-0.2, -0.15) is 0 Å². The minimum Gasteiger partial charge on any atom is -0.334 e. The van der Waals surface area contributed by atoms with Gasteiger partial charge in [0.1, 0.15) is 11.4 Å². The first kappa shape index (κ1) is 21.3. The molecule has 0 aliphatic carbocycles. The summed E-state index contributed by atoms with van der Waals surface area (Å²) in [5.74, 6) is -1.09. The van der Waals surface area contributed by atoms with E-state index >= 15 is 0 Å². The first-order valence-corrected chi connectivity index (χ1v) is 12.1. The maximum absolute atomic E-state index is 12.4. The average Bonchev–Trinajstić information content (AvgIpc) is 3.11. The highest BCUT2D eigenvalue weighted by Gasteiger charge is 2.18. The van der Waals surface area contributed by atoms with Gasteiger partial charge in [0.15, 0.2) is 15.6 Å². The first-order valence-electron chi connectivity index (χ1n) is 9.90. The van der Waals surface area contributed by atoms with Crippen LogP contribution in [0.15, 0.2) is 72.8 Å². The van der Waals surface area contributed by atoms with Crippen LogP contribution in [0.1, 0.15) is 23.1 Å². The molecule has 0 saturated carbocycles. The molecule has 2 aromatic heterocycles. The van der Waals surface area contributed by atoms with Gasteiger partial charge in [0, 0.05) is 27.4 Å². The average molecular weight is 453 g/mol. The van der Waals surface area contributed by atoms with Gasteiger partial charge in [-0.3, -0.25) is 4.79 Å². The first-order chi connectivity index (χ1) is 14.9. The highest BCUT2D eigenvalue weighted by Crippen LogP contribution is 2.30. The second-order valence-electron chi connectivity index (χ2n) is 7.30. The van der Waals surface area contributed by atoms with Gasteiger partial charge in [0.2, 0.25) is 0 Å². The van der Waals surface area contributed by atoms with Gasteiger partial charge in [-0.1, -0.05) is 54.9 Å². The number of benzene rings is 2. The molecule has 0 spiro atoms. The van der Waals surface area contributed by atoms with Crippen LogP contribution in [0.5, 0.6) is 0 Å². The van der Waals surface area contributed by atoms with Gasteiger partial charge < -0.3 is 4.57 Å². The lowest BCUT2D eigenvalue weighted by molar-refractivity contribution is 0.101. The molecule has 2 aromatic carbocycles. The number of carbonyl (C=O) groups is 1. The summed E-state index contributed by atoms with van der Waals surface area (Å²) in [7, 11) is -3.41. The van der Waals surface area contributed by atoms with E-state index in [0.29, 0.717) is 17.3 Å². The molecule has 5 nitrogen and oxygen atoms in total. The molecule has 0 amide bonds.